The normalized spacial score (nSPS) is 10.6. The molecule has 41 heavy (non-hydrogen) atoms. The maximum absolute atomic E-state index is 12.7. The number of aromatic hydroxyl groups is 2. The van der Waals surface area contributed by atoms with Gasteiger partial charge in [0.05, 0.1) is 18.7 Å². The van der Waals surface area contributed by atoms with Crippen molar-refractivity contribution in [1.29, 1.82) is 0 Å². The van der Waals surface area contributed by atoms with E-state index in [0.29, 0.717) is 45.2 Å². The third-order valence-corrected chi connectivity index (χ3v) is 7.33. The molecule has 0 radical (unpaired) electrons. The molecule has 2 aromatic heterocycles. The molecule has 5 aromatic rings. The smallest absolute Gasteiger partial charge is 0.258 e. The zero-order chi connectivity index (χ0) is 29.5. The summed E-state index contributed by atoms with van der Waals surface area (Å²) < 4.78 is 2.99. The highest BCUT2D eigenvalue weighted by atomic mass is 35.5. The number of rotatable bonds is 6. The first kappa shape index (κ1) is 30.3. The molecule has 210 valence electrons. The molecular weight excluding hydrogens is 606 g/mol. The number of aromatic nitrogens is 2. The van der Waals surface area contributed by atoms with Gasteiger partial charge < -0.3 is 19.3 Å². The molecule has 0 bridgehead atoms. The number of halogens is 4. The Balaban J connectivity index is 0.000000201. The van der Waals surface area contributed by atoms with Crippen molar-refractivity contribution in [3.05, 3.63) is 160 Å². The predicted octanol–water partition coefficient (Wildman–Crippen LogP) is 7.41. The summed E-state index contributed by atoms with van der Waals surface area (Å²) in [5, 5.41) is 21.3. The van der Waals surface area contributed by atoms with Crippen LogP contribution in [0.25, 0.3) is 0 Å². The molecule has 0 aliphatic rings. The Bertz CT molecular complexity index is 1790. The Hall–Kier alpha value is -3.68. The summed E-state index contributed by atoms with van der Waals surface area (Å²) in [7, 11) is 0. The molecule has 0 unspecified atom stereocenters. The number of hydrogen-bond donors (Lipinski definition) is 2. The van der Waals surface area contributed by atoms with Gasteiger partial charge in [0.25, 0.3) is 11.1 Å². The fraction of sp³-hybridized carbons (Fsp3) is 0.0968. The summed E-state index contributed by atoms with van der Waals surface area (Å²) in [5.74, 6) is -0.0456. The van der Waals surface area contributed by atoms with Gasteiger partial charge in [-0.15, -0.1) is 0 Å². The van der Waals surface area contributed by atoms with Crippen molar-refractivity contribution in [2.45, 2.75) is 19.5 Å². The SMILES string of the molecule is O=c1c(Cc2ccccc2)c(O)ccn1Cc1ccc(Cl)cc1Cl.O=c1cc(O)ccn1Cc1ccc(Cl)cc1Cl. The molecule has 6 nitrogen and oxygen atoms in total. The summed E-state index contributed by atoms with van der Waals surface area (Å²) in [4.78, 5) is 24.3. The van der Waals surface area contributed by atoms with Gasteiger partial charge in [0.15, 0.2) is 0 Å². The van der Waals surface area contributed by atoms with E-state index in [-0.39, 0.29) is 22.6 Å². The Kier molecular flexibility index (Phi) is 10.2. The van der Waals surface area contributed by atoms with Crippen LogP contribution >= 0.6 is 46.4 Å². The van der Waals surface area contributed by atoms with E-state index in [4.69, 9.17) is 51.5 Å². The lowest BCUT2D eigenvalue weighted by molar-refractivity contribution is 0.464. The van der Waals surface area contributed by atoms with Crippen LogP contribution in [-0.2, 0) is 19.5 Å². The molecule has 0 saturated carbocycles. The molecule has 0 atom stereocenters. The lowest BCUT2D eigenvalue weighted by atomic mass is 10.1. The van der Waals surface area contributed by atoms with Gasteiger partial charge >= 0.3 is 0 Å². The topological polar surface area (TPSA) is 84.5 Å². The monoisotopic (exact) mass is 628 g/mol. The molecule has 10 heteroatoms. The van der Waals surface area contributed by atoms with Gasteiger partial charge in [-0.25, -0.2) is 0 Å². The van der Waals surface area contributed by atoms with E-state index in [1.54, 1.807) is 42.6 Å². The van der Waals surface area contributed by atoms with Crippen LogP contribution in [0.1, 0.15) is 22.3 Å². The molecule has 3 aromatic carbocycles. The van der Waals surface area contributed by atoms with Gasteiger partial charge in [-0.1, -0.05) is 88.9 Å². The van der Waals surface area contributed by atoms with E-state index >= 15 is 0 Å². The maximum Gasteiger partial charge on any atom is 0.258 e. The van der Waals surface area contributed by atoms with Crippen molar-refractivity contribution < 1.29 is 10.2 Å². The lowest BCUT2D eigenvalue weighted by Gasteiger charge is -2.11. The second kappa shape index (κ2) is 13.8. The molecule has 0 amide bonds. The fourth-order valence-corrected chi connectivity index (χ4v) is 4.93. The standard InChI is InChI=1S/C19H15Cl2NO2.C12H9Cl2NO2/c20-15-7-6-14(17(21)11-15)12-22-9-8-18(23)16(19(22)24)10-13-4-2-1-3-5-13;13-9-2-1-8(11(14)5-9)7-15-4-3-10(16)6-12(15)17/h1-9,11,23H,10,12H2;1-6,16H,7H2. The second-order valence-corrected chi connectivity index (χ2v) is 10.8. The van der Waals surface area contributed by atoms with E-state index in [9.17, 15) is 14.7 Å². The number of benzene rings is 3. The first-order valence-corrected chi connectivity index (χ1v) is 13.8. The minimum atomic E-state index is -0.281. The molecule has 0 spiro atoms. The van der Waals surface area contributed by atoms with Gasteiger partial charge in [-0.3, -0.25) is 9.59 Å². The van der Waals surface area contributed by atoms with Gasteiger partial charge in [0.2, 0.25) is 0 Å². The Labute approximate surface area is 256 Å². The molecule has 0 fully saturated rings. The van der Waals surface area contributed by atoms with Gasteiger partial charge in [-0.05, 0) is 53.1 Å². The van der Waals surface area contributed by atoms with Crippen LogP contribution in [0.5, 0.6) is 11.5 Å². The molecule has 0 aliphatic carbocycles. The van der Waals surface area contributed by atoms with Crippen LogP contribution in [0.3, 0.4) is 0 Å². The minimum Gasteiger partial charge on any atom is -0.508 e. The van der Waals surface area contributed by atoms with Crippen molar-refractivity contribution in [1.82, 2.24) is 9.13 Å². The zero-order valence-corrected chi connectivity index (χ0v) is 24.5. The first-order chi connectivity index (χ1) is 19.6. The summed E-state index contributed by atoms with van der Waals surface area (Å²) in [6.45, 7) is 0.659. The molecule has 2 N–H and O–H groups in total. The summed E-state index contributed by atoms with van der Waals surface area (Å²) in [6.07, 6.45) is 3.46. The van der Waals surface area contributed by atoms with Crippen LogP contribution in [0.15, 0.2) is 107 Å². The van der Waals surface area contributed by atoms with E-state index in [0.717, 1.165) is 22.8 Å². The largest absolute Gasteiger partial charge is 0.508 e. The zero-order valence-electron chi connectivity index (χ0n) is 21.5. The molecule has 2 heterocycles. The van der Waals surface area contributed by atoms with Crippen molar-refractivity contribution in [2.75, 3.05) is 0 Å². The van der Waals surface area contributed by atoms with Crippen LogP contribution < -0.4 is 11.1 Å². The Morgan fingerprint density at radius 1 is 0.634 bits per heavy atom. The molecule has 0 aliphatic heterocycles. The number of nitrogens with zero attached hydrogens (tertiary/aromatic N) is 2. The number of pyridine rings is 2. The van der Waals surface area contributed by atoms with Crippen LogP contribution in [0.2, 0.25) is 20.1 Å². The predicted molar refractivity (Wildman–Crippen MR) is 165 cm³/mol. The highest BCUT2D eigenvalue weighted by molar-refractivity contribution is 6.35. The van der Waals surface area contributed by atoms with Crippen molar-refractivity contribution >= 4 is 46.4 Å². The van der Waals surface area contributed by atoms with Crippen molar-refractivity contribution in [3.8, 4) is 11.5 Å². The highest BCUT2D eigenvalue weighted by Crippen LogP contribution is 2.23. The van der Waals surface area contributed by atoms with Crippen LogP contribution in [0.4, 0.5) is 0 Å². The van der Waals surface area contributed by atoms with Crippen LogP contribution in [-0.4, -0.2) is 19.3 Å². The molecular formula is C31H24Cl4N2O4. The van der Waals surface area contributed by atoms with Gasteiger partial charge in [0, 0.05) is 45.0 Å². The molecule has 0 saturated heterocycles. The Morgan fingerprint density at radius 2 is 1.20 bits per heavy atom. The van der Waals surface area contributed by atoms with E-state index in [1.807, 2.05) is 30.3 Å². The highest BCUT2D eigenvalue weighted by Gasteiger charge is 2.12. The average Bonchev–Trinajstić information content (AvgIpc) is 2.93. The average molecular weight is 630 g/mol. The lowest BCUT2D eigenvalue weighted by Crippen LogP contribution is -2.24. The number of hydrogen-bond acceptors (Lipinski definition) is 4. The van der Waals surface area contributed by atoms with E-state index in [1.165, 1.54) is 27.5 Å². The third kappa shape index (κ3) is 8.18. The van der Waals surface area contributed by atoms with Gasteiger partial charge in [0.1, 0.15) is 11.5 Å². The minimum absolute atomic E-state index is 0.00214. The van der Waals surface area contributed by atoms with Crippen LogP contribution in [0, 0.1) is 0 Å². The van der Waals surface area contributed by atoms with Crippen molar-refractivity contribution in [3.63, 3.8) is 0 Å². The fourth-order valence-electron chi connectivity index (χ4n) is 4.00. The first-order valence-electron chi connectivity index (χ1n) is 12.3. The third-order valence-electron chi connectivity index (χ3n) is 6.16. The Morgan fingerprint density at radius 3 is 1.76 bits per heavy atom. The second-order valence-electron chi connectivity index (χ2n) is 9.10. The quantitative estimate of drug-likeness (QED) is 0.205. The molecule has 5 rings (SSSR count). The van der Waals surface area contributed by atoms with E-state index in [2.05, 4.69) is 0 Å². The summed E-state index contributed by atoms with van der Waals surface area (Å²) >= 11 is 23.9. The summed E-state index contributed by atoms with van der Waals surface area (Å²) in [6, 6.07) is 24.0. The summed E-state index contributed by atoms with van der Waals surface area (Å²) in [5.41, 5.74) is 2.41. The van der Waals surface area contributed by atoms with Gasteiger partial charge in [-0.2, -0.15) is 0 Å². The van der Waals surface area contributed by atoms with E-state index < -0.39 is 0 Å². The van der Waals surface area contributed by atoms with Crippen molar-refractivity contribution in [2.24, 2.45) is 0 Å². The maximum atomic E-state index is 12.7.